The van der Waals surface area contributed by atoms with Crippen LogP contribution in [0.2, 0.25) is 0 Å². The van der Waals surface area contributed by atoms with Crippen molar-refractivity contribution in [1.29, 1.82) is 0 Å². The van der Waals surface area contributed by atoms with Gasteiger partial charge < -0.3 is 15.0 Å². The highest BCUT2D eigenvalue weighted by molar-refractivity contribution is 8.03. The molecule has 1 aliphatic heterocycles. The Labute approximate surface area is 220 Å². The first-order valence-electron chi connectivity index (χ1n) is 13.4. The first kappa shape index (κ1) is 28.1. The lowest BCUT2D eigenvalue weighted by molar-refractivity contribution is 0.102. The first-order valence-corrected chi connectivity index (χ1v) is 14.4. The summed E-state index contributed by atoms with van der Waals surface area (Å²) in [5.74, 6) is 0.309. The summed E-state index contributed by atoms with van der Waals surface area (Å²) in [6.45, 7) is 5.63. The number of ether oxygens (including phenoxy) is 1. The number of allylic oxidation sites excluding steroid dienone is 1. The number of carbonyl (C=O) groups excluding carboxylic acids is 1. The second-order valence-corrected chi connectivity index (χ2v) is 10.8. The van der Waals surface area contributed by atoms with E-state index < -0.39 is 5.82 Å². The van der Waals surface area contributed by atoms with Crippen LogP contribution in [-0.2, 0) is 6.54 Å². The fourth-order valence-electron chi connectivity index (χ4n) is 4.32. The third-order valence-corrected chi connectivity index (χ3v) is 7.36. The number of nitrogens with zero attached hydrogens (tertiary/aromatic N) is 1. The second kappa shape index (κ2) is 15.6. The molecule has 6 heteroatoms. The van der Waals surface area contributed by atoms with Gasteiger partial charge in [-0.25, -0.2) is 4.39 Å². The summed E-state index contributed by atoms with van der Waals surface area (Å²) in [5, 5.41) is 2.88. The number of amides is 1. The molecule has 0 radical (unpaired) electrons. The van der Waals surface area contributed by atoms with Crippen LogP contribution >= 0.6 is 11.8 Å². The Balaban J connectivity index is 1.37. The van der Waals surface area contributed by atoms with E-state index in [0.29, 0.717) is 12.3 Å². The lowest BCUT2D eigenvalue weighted by Crippen LogP contribution is -2.14. The van der Waals surface area contributed by atoms with E-state index in [1.54, 1.807) is 12.1 Å². The zero-order chi connectivity index (χ0) is 25.6. The molecule has 3 rings (SSSR count). The van der Waals surface area contributed by atoms with Crippen molar-refractivity contribution >= 4 is 23.4 Å². The monoisotopic (exact) mass is 512 g/mol. The number of hydrogen-bond donors (Lipinski definition) is 1. The van der Waals surface area contributed by atoms with Crippen LogP contribution in [-0.4, -0.2) is 23.3 Å². The summed E-state index contributed by atoms with van der Waals surface area (Å²) in [6.07, 6.45) is 14.6. The Morgan fingerprint density at radius 3 is 2.39 bits per heavy atom. The summed E-state index contributed by atoms with van der Waals surface area (Å²) in [5.41, 5.74) is 2.09. The van der Waals surface area contributed by atoms with Crippen molar-refractivity contribution in [2.45, 2.75) is 84.6 Å². The lowest BCUT2D eigenvalue weighted by atomic mass is 10.1. The summed E-state index contributed by atoms with van der Waals surface area (Å²) >= 11 is 1.82. The molecule has 1 N–H and O–H groups in total. The Hall–Kier alpha value is -2.47. The highest BCUT2D eigenvalue weighted by Gasteiger charge is 2.13. The third kappa shape index (κ3) is 9.88. The van der Waals surface area contributed by atoms with E-state index in [1.165, 1.54) is 62.3 Å². The maximum Gasteiger partial charge on any atom is 0.255 e. The third-order valence-electron chi connectivity index (χ3n) is 6.34. The van der Waals surface area contributed by atoms with E-state index in [1.807, 2.05) is 36.0 Å². The van der Waals surface area contributed by atoms with Crippen LogP contribution in [0.4, 0.5) is 10.1 Å². The predicted octanol–water partition coefficient (Wildman–Crippen LogP) is 8.75. The van der Waals surface area contributed by atoms with Crippen LogP contribution in [0.3, 0.4) is 0 Å². The van der Waals surface area contributed by atoms with Gasteiger partial charge in [0, 0.05) is 24.0 Å². The van der Waals surface area contributed by atoms with Crippen molar-refractivity contribution in [1.82, 2.24) is 4.90 Å². The SMILES string of the molecule is CCCCCCCCCCCCOc1ccc(C(=O)Nc2cccc(CN3C=C(C)SC3)c2)cc1F. The van der Waals surface area contributed by atoms with Crippen LogP contribution in [0.15, 0.2) is 53.6 Å². The van der Waals surface area contributed by atoms with Crippen LogP contribution < -0.4 is 10.1 Å². The number of benzene rings is 2. The van der Waals surface area contributed by atoms with Gasteiger partial charge >= 0.3 is 0 Å². The predicted molar refractivity (Wildman–Crippen MR) is 150 cm³/mol. The molecule has 0 bridgehead atoms. The number of thioether (sulfide) groups is 1. The lowest BCUT2D eigenvalue weighted by Gasteiger charge is -2.15. The number of anilines is 1. The molecule has 2 aromatic rings. The largest absolute Gasteiger partial charge is 0.491 e. The zero-order valence-corrected chi connectivity index (χ0v) is 22.7. The van der Waals surface area contributed by atoms with Crippen molar-refractivity contribution < 1.29 is 13.9 Å². The minimum Gasteiger partial charge on any atom is -0.491 e. The maximum atomic E-state index is 14.6. The Morgan fingerprint density at radius 1 is 1.00 bits per heavy atom. The van der Waals surface area contributed by atoms with E-state index in [9.17, 15) is 9.18 Å². The van der Waals surface area contributed by atoms with Gasteiger partial charge in [-0.1, -0.05) is 76.8 Å². The number of carbonyl (C=O) groups is 1. The van der Waals surface area contributed by atoms with E-state index in [2.05, 4.69) is 30.3 Å². The summed E-state index contributed by atoms with van der Waals surface area (Å²) < 4.78 is 20.2. The molecule has 2 aromatic carbocycles. The van der Waals surface area contributed by atoms with E-state index >= 15 is 0 Å². The van der Waals surface area contributed by atoms with E-state index in [-0.39, 0.29) is 17.2 Å². The highest BCUT2D eigenvalue weighted by Crippen LogP contribution is 2.26. The molecule has 0 saturated heterocycles. The average molecular weight is 513 g/mol. The van der Waals surface area contributed by atoms with Crippen molar-refractivity contribution in [3.8, 4) is 5.75 Å². The number of rotatable bonds is 16. The molecule has 4 nitrogen and oxygen atoms in total. The fourth-order valence-corrected chi connectivity index (χ4v) is 5.08. The van der Waals surface area contributed by atoms with Gasteiger partial charge in [0.05, 0.1) is 12.5 Å². The molecular weight excluding hydrogens is 471 g/mol. The minimum atomic E-state index is -0.503. The first-order chi connectivity index (χ1) is 17.5. The molecular formula is C30H41FN2O2S. The van der Waals surface area contributed by atoms with Crippen LogP contribution in [0.1, 0.15) is 94.0 Å². The molecule has 0 saturated carbocycles. The Morgan fingerprint density at radius 2 is 1.72 bits per heavy atom. The van der Waals surface area contributed by atoms with Crippen LogP contribution in [0.25, 0.3) is 0 Å². The molecule has 0 aliphatic carbocycles. The number of nitrogens with one attached hydrogen (secondary N) is 1. The van der Waals surface area contributed by atoms with Gasteiger partial charge in [-0.15, -0.1) is 11.8 Å². The molecule has 36 heavy (non-hydrogen) atoms. The van der Waals surface area contributed by atoms with Crippen LogP contribution in [0.5, 0.6) is 5.75 Å². The number of hydrogen-bond acceptors (Lipinski definition) is 4. The number of halogens is 1. The van der Waals surface area contributed by atoms with Gasteiger partial charge in [-0.2, -0.15) is 0 Å². The second-order valence-electron chi connectivity index (χ2n) is 9.59. The smallest absolute Gasteiger partial charge is 0.255 e. The summed E-state index contributed by atoms with van der Waals surface area (Å²) in [6, 6.07) is 12.2. The van der Waals surface area contributed by atoms with Gasteiger partial charge in [0.15, 0.2) is 11.6 Å². The van der Waals surface area contributed by atoms with Crippen molar-refractivity contribution in [3.63, 3.8) is 0 Å². The average Bonchev–Trinajstić information content (AvgIpc) is 3.27. The molecule has 1 heterocycles. The molecule has 0 fully saturated rings. The van der Waals surface area contributed by atoms with Gasteiger partial charge in [0.2, 0.25) is 0 Å². The standard InChI is InChI=1S/C30H41FN2O2S/c1-3-4-5-6-7-8-9-10-11-12-18-35-29-17-16-26(20-28(29)31)30(34)32-27-15-13-14-25(19-27)22-33-21-24(2)36-23-33/h13-17,19-21H,3-12,18,22-23H2,1-2H3,(H,32,34). The Bertz CT molecular complexity index is 995. The van der Waals surface area contributed by atoms with Crippen LogP contribution in [0, 0.1) is 5.82 Å². The fraction of sp³-hybridized carbons (Fsp3) is 0.500. The topological polar surface area (TPSA) is 41.6 Å². The maximum absolute atomic E-state index is 14.6. The molecule has 0 aromatic heterocycles. The van der Waals surface area contributed by atoms with E-state index in [4.69, 9.17) is 4.74 Å². The van der Waals surface area contributed by atoms with E-state index in [0.717, 1.165) is 30.8 Å². The minimum absolute atomic E-state index is 0.205. The van der Waals surface area contributed by atoms with Crippen molar-refractivity contribution in [2.75, 3.05) is 17.8 Å². The quantitative estimate of drug-likeness (QED) is 0.228. The van der Waals surface area contributed by atoms with Gasteiger partial charge in [-0.3, -0.25) is 4.79 Å². The molecule has 1 amide bonds. The molecule has 0 atom stereocenters. The zero-order valence-electron chi connectivity index (χ0n) is 21.9. The van der Waals surface area contributed by atoms with Crippen molar-refractivity contribution in [2.24, 2.45) is 0 Å². The summed E-state index contributed by atoms with van der Waals surface area (Å²) in [7, 11) is 0. The Kier molecular flexibility index (Phi) is 12.2. The van der Waals surface area contributed by atoms with Gasteiger partial charge in [0.1, 0.15) is 0 Å². The van der Waals surface area contributed by atoms with Crippen molar-refractivity contribution in [3.05, 3.63) is 70.5 Å². The highest BCUT2D eigenvalue weighted by atomic mass is 32.2. The van der Waals surface area contributed by atoms with Gasteiger partial charge in [0.25, 0.3) is 5.91 Å². The summed E-state index contributed by atoms with van der Waals surface area (Å²) in [4.78, 5) is 16.2. The number of unbranched alkanes of at least 4 members (excludes halogenated alkanes) is 9. The molecule has 0 spiro atoms. The normalized spacial score (nSPS) is 13.1. The van der Waals surface area contributed by atoms with Gasteiger partial charge in [-0.05, 0) is 54.1 Å². The molecule has 0 unspecified atom stereocenters. The molecule has 1 aliphatic rings. The molecule has 196 valence electrons.